The van der Waals surface area contributed by atoms with Crippen molar-refractivity contribution in [3.8, 4) is 11.5 Å². The number of carbonyl (C=O) groups excluding carboxylic acids is 2. The van der Waals surface area contributed by atoms with Crippen molar-refractivity contribution in [2.45, 2.75) is 13.0 Å². The van der Waals surface area contributed by atoms with Crippen molar-refractivity contribution in [1.82, 2.24) is 5.32 Å². The molecule has 0 aromatic heterocycles. The Kier molecular flexibility index (Phi) is 6.86. The lowest BCUT2D eigenvalue weighted by Crippen LogP contribution is -2.31. The zero-order chi connectivity index (χ0) is 19.1. The van der Waals surface area contributed by atoms with Crippen LogP contribution in [0.3, 0.4) is 0 Å². The van der Waals surface area contributed by atoms with E-state index in [0.29, 0.717) is 16.5 Å². The Hall–Kier alpha value is -2.73. The number of hydrogen-bond acceptors (Lipinski definition) is 5. The van der Waals surface area contributed by atoms with Crippen LogP contribution in [0.15, 0.2) is 42.5 Å². The van der Waals surface area contributed by atoms with Gasteiger partial charge in [0.2, 0.25) is 0 Å². The smallest absolute Gasteiger partial charge is 0.346 e. The van der Waals surface area contributed by atoms with Gasteiger partial charge in [-0.05, 0) is 36.8 Å². The molecule has 0 aliphatic heterocycles. The number of benzene rings is 2. The quantitative estimate of drug-likeness (QED) is 0.748. The minimum atomic E-state index is -0.700. The Morgan fingerprint density at radius 2 is 1.62 bits per heavy atom. The summed E-state index contributed by atoms with van der Waals surface area (Å²) in [6, 6.07) is 11.8. The molecule has 0 heterocycles. The van der Waals surface area contributed by atoms with Crippen LogP contribution in [0.5, 0.6) is 11.5 Å². The van der Waals surface area contributed by atoms with E-state index in [1.807, 2.05) is 19.1 Å². The van der Waals surface area contributed by atoms with Crippen LogP contribution in [-0.2, 0) is 9.53 Å². The fourth-order valence-electron chi connectivity index (χ4n) is 2.37. The van der Waals surface area contributed by atoms with Crippen molar-refractivity contribution in [3.05, 3.63) is 58.6 Å². The second-order valence-electron chi connectivity index (χ2n) is 5.45. The molecule has 26 heavy (non-hydrogen) atoms. The van der Waals surface area contributed by atoms with E-state index in [4.69, 9.17) is 25.8 Å². The maximum atomic E-state index is 12.3. The van der Waals surface area contributed by atoms with Gasteiger partial charge in [-0.1, -0.05) is 29.8 Å². The number of hydrogen-bond donors (Lipinski definition) is 1. The summed E-state index contributed by atoms with van der Waals surface area (Å²) in [7, 11) is 2.87. The SMILES string of the molecule is COc1cccc(OC)c1C(=O)OCC(=O)N[C@@H](C)c1ccc(Cl)cc1. The van der Waals surface area contributed by atoms with Gasteiger partial charge in [-0.2, -0.15) is 0 Å². The Labute approximate surface area is 157 Å². The van der Waals surface area contributed by atoms with Crippen LogP contribution in [0.25, 0.3) is 0 Å². The summed E-state index contributed by atoms with van der Waals surface area (Å²) in [6.45, 7) is 1.41. The lowest BCUT2D eigenvalue weighted by molar-refractivity contribution is -0.124. The van der Waals surface area contributed by atoms with Gasteiger partial charge in [0.05, 0.1) is 20.3 Å². The summed E-state index contributed by atoms with van der Waals surface area (Å²) in [5.74, 6) is -0.503. The lowest BCUT2D eigenvalue weighted by atomic mass is 10.1. The van der Waals surface area contributed by atoms with Crippen LogP contribution < -0.4 is 14.8 Å². The molecule has 2 aromatic rings. The predicted octanol–water partition coefficient (Wildman–Crippen LogP) is 3.39. The number of nitrogens with one attached hydrogen (secondary N) is 1. The molecule has 0 unspecified atom stereocenters. The van der Waals surface area contributed by atoms with E-state index < -0.39 is 18.5 Å². The number of ether oxygens (including phenoxy) is 3. The van der Waals surface area contributed by atoms with Gasteiger partial charge in [0.1, 0.15) is 17.1 Å². The molecule has 138 valence electrons. The topological polar surface area (TPSA) is 73.9 Å². The van der Waals surface area contributed by atoms with E-state index >= 15 is 0 Å². The Morgan fingerprint density at radius 3 is 2.15 bits per heavy atom. The van der Waals surface area contributed by atoms with Gasteiger partial charge in [-0.3, -0.25) is 4.79 Å². The summed E-state index contributed by atoms with van der Waals surface area (Å²) in [4.78, 5) is 24.4. The van der Waals surface area contributed by atoms with E-state index in [1.54, 1.807) is 30.3 Å². The number of rotatable bonds is 7. The van der Waals surface area contributed by atoms with Crippen molar-refractivity contribution in [3.63, 3.8) is 0 Å². The highest BCUT2D eigenvalue weighted by atomic mass is 35.5. The second kappa shape index (κ2) is 9.10. The van der Waals surface area contributed by atoms with Gasteiger partial charge < -0.3 is 19.5 Å². The van der Waals surface area contributed by atoms with Gasteiger partial charge in [0.25, 0.3) is 5.91 Å². The van der Waals surface area contributed by atoms with Crippen LogP contribution in [-0.4, -0.2) is 32.7 Å². The third-order valence-corrected chi connectivity index (χ3v) is 3.97. The zero-order valence-corrected chi connectivity index (χ0v) is 15.5. The summed E-state index contributed by atoms with van der Waals surface area (Å²) in [5, 5.41) is 3.38. The summed E-state index contributed by atoms with van der Waals surface area (Å²) in [5.41, 5.74) is 1.02. The van der Waals surface area contributed by atoms with Crippen molar-refractivity contribution >= 4 is 23.5 Å². The highest BCUT2D eigenvalue weighted by Gasteiger charge is 2.21. The Bertz CT molecular complexity index is 754. The molecule has 2 aromatic carbocycles. The van der Waals surface area contributed by atoms with Crippen LogP contribution in [0.4, 0.5) is 0 Å². The first kappa shape index (κ1) is 19.6. The minimum Gasteiger partial charge on any atom is -0.496 e. The first-order valence-corrected chi connectivity index (χ1v) is 8.27. The molecule has 0 aliphatic rings. The van der Waals surface area contributed by atoms with E-state index in [9.17, 15) is 9.59 Å². The second-order valence-corrected chi connectivity index (χ2v) is 5.89. The molecule has 0 bridgehead atoms. The van der Waals surface area contributed by atoms with Gasteiger partial charge in [-0.25, -0.2) is 4.79 Å². The molecule has 7 heteroatoms. The van der Waals surface area contributed by atoms with E-state index in [-0.39, 0.29) is 11.6 Å². The van der Waals surface area contributed by atoms with Gasteiger partial charge >= 0.3 is 5.97 Å². The van der Waals surface area contributed by atoms with E-state index in [1.165, 1.54) is 14.2 Å². The van der Waals surface area contributed by atoms with E-state index in [0.717, 1.165) is 5.56 Å². The number of methoxy groups -OCH3 is 2. The molecular weight excluding hydrogens is 358 g/mol. The highest BCUT2D eigenvalue weighted by Crippen LogP contribution is 2.28. The largest absolute Gasteiger partial charge is 0.496 e. The van der Waals surface area contributed by atoms with E-state index in [2.05, 4.69) is 5.32 Å². The van der Waals surface area contributed by atoms with Crippen molar-refractivity contribution in [1.29, 1.82) is 0 Å². The Morgan fingerprint density at radius 1 is 1.04 bits per heavy atom. The fraction of sp³-hybridized carbons (Fsp3) is 0.263. The molecule has 0 saturated heterocycles. The number of halogens is 1. The van der Waals surface area contributed by atoms with Crippen LogP contribution in [0.1, 0.15) is 28.9 Å². The summed E-state index contributed by atoms with van der Waals surface area (Å²) < 4.78 is 15.4. The first-order chi connectivity index (χ1) is 12.5. The fourth-order valence-corrected chi connectivity index (χ4v) is 2.50. The summed E-state index contributed by atoms with van der Waals surface area (Å²) in [6.07, 6.45) is 0. The van der Waals surface area contributed by atoms with Gasteiger partial charge in [0.15, 0.2) is 6.61 Å². The average Bonchev–Trinajstić information content (AvgIpc) is 2.65. The molecule has 6 nitrogen and oxygen atoms in total. The molecule has 0 spiro atoms. The summed E-state index contributed by atoms with van der Waals surface area (Å²) >= 11 is 5.85. The van der Waals surface area contributed by atoms with Crippen molar-refractivity contribution in [2.75, 3.05) is 20.8 Å². The number of esters is 1. The molecule has 0 radical (unpaired) electrons. The zero-order valence-electron chi connectivity index (χ0n) is 14.7. The minimum absolute atomic E-state index is 0.135. The number of carbonyl (C=O) groups is 2. The molecule has 1 N–H and O–H groups in total. The third kappa shape index (κ3) is 4.89. The third-order valence-electron chi connectivity index (χ3n) is 3.71. The molecule has 1 amide bonds. The standard InChI is InChI=1S/C19H20ClNO5/c1-12(13-7-9-14(20)10-8-13)21-17(22)11-26-19(23)18-15(24-2)5-4-6-16(18)25-3/h4-10,12H,11H2,1-3H3,(H,21,22)/t12-/m0/s1. The monoisotopic (exact) mass is 377 g/mol. The maximum absolute atomic E-state index is 12.3. The molecule has 0 saturated carbocycles. The maximum Gasteiger partial charge on any atom is 0.346 e. The van der Waals surface area contributed by atoms with Crippen LogP contribution in [0, 0.1) is 0 Å². The van der Waals surface area contributed by atoms with Gasteiger partial charge in [-0.15, -0.1) is 0 Å². The normalized spacial score (nSPS) is 11.4. The molecule has 0 fully saturated rings. The van der Waals surface area contributed by atoms with Gasteiger partial charge in [0, 0.05) is 5.02 Å². The predicted molar refractivity (Wildman–Crippen MR) is 97.8 cm³/mol. The number of amides is 1. The first-order valence-electron chi connectivity index (χ1n) is 7.89. The molecule has 2 rings (SSSR count). The lowest BCUT2D eigenvalue weighted by Gasteiger charge is -2.15. The van der Waals surface area contributed by atoms with Crippen LogP contribution >= 0.6 is 11.6 Å². The molecule has 0 aliphatic carbocycles. The Balaban J connectivity index is 1.97. The highest BCUT2D eigenvalue weighted by molar-refractivity contribution is 6.30. The molecular formula is C19H20ClNO5. The van der Waals surface area contributed by atoms with Crippen LogP contribution in [0.2, 0.25) is 5.02 Å². The average molecular weight is 378 g/mol. The van der Waals surface area contributed by atoms with Crippen molar-refractivity contribution < 1.29 is 23.8 Å². The van der Waals surface area contributed by atoms with Crippen molar-refractivity contribution in [2.24, 2.45) is 0 Å². The molecule has 1 atom stereocenters.